The number of nitrogens with one attached hydrogen (secondary N) is 1. The van der Waals surface area contributed by atoms with Crippen molar-refractivity contribution in [2.75, 3.05) is 11.9 Å². The number of benzene rings is 1. The van der Waals surface area contributed by atoms with Gasteiger partial charge in [-0.2, -0.15) is 22.0 Å². The molecule has 0 aromatic heterocycles. The first-order valence-electron chi connectivity index (χ1n) is 5.67. The quantitative estimate of drug-likeness (QED) is 0.841. The fraction of sp³-hybridized carbons (Fsp3) is 0.417. The molecule has 20 heavy (non-hydrogen) atoms. The van der Waals surface area contributed by atoms with Gasteiger partial charge in [0.15, 0.2) is 0 Å². The van der Waals surface area contributed by atoms with Gasteiger partial charge in [-0.1, -0.05) is 19.1 Å². The molecule has 0 atom stereocenters. The number of hydrogen-bond donors (Lipinski definition) is 1. The summed E-state index contributed by atoms with van der Waals surface area (Å²) in [5, 5.41) is 2.08. The van der Waals surface area contributed by atoms with E-state index in [1.807, 2.05) is 0 Å². The predicted octanol–water partition coefficient (Wildman–Crippen LogP) is 4.30. The van der Waals surface area contributed by atoms with Crippen molar-refractivity contribution in [3.05, 3.63) is 29.8 Å². The lowest BCUT2D eigenvalue weighted by Crippen LogP contribution is -2.33. The van der Waals surface area contributed by atoms with E-state index >= 15 is 0 Å². The van der Waals surface area contributed by atoms with Crippen LogP contribution in [-0.2, 0) is 10.7 Å². The molecule has 0 spiro atoms. The Labute approximate surface area is 111 Å². The van der Waals surface area contributed by atoms with Crippen LogP contribution in [0.3, 0.4) is 0 Å². The first-order chi connectivity index (χ1) is 9.18. The molecule has 0 radical (unpaired) electrons. The maximum Gasteiger partial charge on any atom is 0.458 e. The Morgan fingerprint density at radius 2 is 1.90 bits per heavy atom. The molecule has 0 saturated carbocycles. The first kappa shape index (κ1) is 16.2. The lowest BCUT2D eigenvalue weighted by Gasteiger charge is -2.20. The smallest absolute Gasteiger partial charge is 0.449 e. The van der Waals surface area contributed by atoms with Crippen LogP contribution in [0.2, 0.25) is 0 Å². The fourth-order valence-electron chi connectivity index (χ4n) is 1.30. The van der Waals surface area contributed by atoms with E-state index in [0.717, 1.165) is 6.07 Å². The van der Waals surface area contributed by atoms with Crippen molar-refractivity contribution in [1.29, 1.82) is 0 Å². The van der Waals surface area contributed by atoms with Gasteiger partial charge < -0.3 is 4.74 Å². The molecule has 8 heteroatoms. The summed E-state index contributed by atoms with van der Waals surface area (Å²) >= 11 is 0. The van der Waals surface area contributed by atoms with Crippen LogP contribution in [0.15, 0.2) is 24.3 Å². The highest BCUT2D eigenvalue weighted by molar-refractivity contribution is 5.84. The molecule has 112 valence electrons. The van der Waals surface area contributed by atoms with Gasteiger partial charge in [0.25, 0.3) is 0 Å². The monoisotopic (exact) mass is 297 g/mol. The van der Waals surface area contributed by atoms with Crippen molar-refractivity contribution in [2.45, 2.75) is 25.4 Å². The van der Waals surface area contributed by atoms with E-state index in [1.165, 1.54) is 6.07 Å². The van der Waals surface area contributed by atoms with Gasteiger partial charge in [-0.05, 0) is 18.6 Å². The molecule has 1 aromatic rings. The van der Waals surface area contributed by atoms with Gasteiger partial charge in [0.05, 0.1) is 6.61 Å². The highest BCUT2D eigenvalue weighted by atomic mass is 19.4. The number of rotatable bonds is 4. The zero-order valence-electron chi connectivity index (χ0n) is 10.4. The minimum Gasteiger partial charge on any atom is -0.449 e. The third-order valence-electron chi connectivity index (χ3n) is 2.26. The van der Waals surface area contributed by atoms with E-state index in [0.29, 0.717) is 18.6 Å². The molecule has 0 aliphatic carbocycles. The van der Waals surface area contributed by atoms with Gasteiger partial charge in [0, 0.05) is 11.3 Å². The van der Waals surface area contributed by atoms with Crippen LogP contribution >= 0.6 is 0 Å². The molecule has 0 aliphatic heterocycles. The number of amides is 1. The van der Waals surface area contributed by atoms with Crippen LogP contribution in [0.4, 0.5) is 32.4 Å². The average molecular weight is 297 g/mol. The van der Waals surface area contributed by atoms with Crippen molar-refractivity contribution in [3.63, 3.8) is 0 Å². The van der Waals surface area contributed by atoms with Crippen molar-refractivity contribution < 1.29 is 31.5 Å². The molecule has 0 heterocycles. The lowest BCUT2D eigenvalue weighted by atomic mass is 10.1. The second-order valence-corrected chi connectivity index (χ2v) is 3.91. The number of ether oxygens (including phenoxy) is 1. The summed E-state index contributed by atoms with van der Waals surface area (Å²) in [6, 6.07) is 3.37. The average Bonchev–Trinajstić information content (AvgIpc) is 2.35. The van der Waals surface area contributed by atoms with E-state index in [1.54, 1.807) is 6.92 Å². The Morgan fingerprint density at radius 1 is 1.25 bits per heavy atom. The van der Waals surface area contributed by atoms with Crippen LogP contribution in [0.5, 0.6) is 0 Å². The summed E-state index contributed by atoms with van der Waals surface area (Å²) in [5.74, 6) is -4.99. The van der Waals surface area contributed by atoms with E-state index in [4.69, 9.17) is 0 Å². The second-order valence-electron chi connectivity index (χ2n) is 3.91. The number of hydrogen-bond acceptors (Lipinski definition) is 2. The molecule has 1 aromatic carbocycles. The maximum absolute atomic E-state index is 13.1. The van der Waals surface area contributed by atoms with E-state index in [2.05, 4.69) is 10.1 Å². The van der Waals surface area contributed by atoms with Gasteiger partial charge in [-0.15, -0.1) is 0 Å². The van der Waals surface area contributed by atoms with Crippen LogP contribution in [0.1, 0.15) is 18.9 Å². The number of carbonyl (C=O) groups is 1. The second kappa shape index (κ2) is 6.06. The molecule has 1 rings (SSSR count). The Balaban J connectivity index is 2.89. The zero-order valence-corrected chi connectivity index (χ0v) is 10.4. The van der Waals surface area contributed by atoms with Gasteiger partial charge in [-0.25, -0.2) is 4.79 Å². The summed E-state index contributed by atoms with van der Waals surface area (Å²) < 4.78 is 67.5. The molecule has 1 N–H and O–H groups in total. The number of halogens is 5. The zero-order chi connectivity index (χ0) is 15.4. The molecule has 0 fully saturated rings. The first-order valence-corrected chi connectivity index (χ1v) is 5.67. The highest BCUT2D eigenvalue weighted by Gasteiger charge is 2.58. The summed E-state index contributed by atoms with van der Waals surface area (Å²) in [5.41, 5.74) is -1.45. The van der Waals surface area contributed by atoms with Crippen molar-refractivity contribution in [3.8, 4) is 0 Å². The van der Waals surface area contributed by atoms with E-state index < -0.39 is 23.8 Å². The molecule has 0 aliphatic rings. The van der Waals surface area contributed by atoms with Crippen LogP contribution in [-0.4, -0.2) is 18.9 Å². The van der Waals surface area contributed by atoms with Crippen LogP contribution in [0, 0.1) is 0 Å². The summed E-state index contributed by atoms with van der Waals surface area (Å²) in [6.45, 7) is 1.86. The number of alkyl halides is 5. The van der Waals surface area contributed by atoms with E-state index in [-0.39, 0.29) is 12.3 Å². The van der Waals surface area contributed by atoms with E-state index in [9.17, 15) is 26.7 Å². The molecular weight excluding hydrogens is 285 g/mol. The summed E-state index contributed by atoms with van der Waals surface area (Å²) in [7, 11) is 0. The predicted molar refractivity (Wildman–Crippen MR) is 61.7 cm³/mol. The topological polar surface area (TPSA) is 38.3 Å². The van der Waals surface area contributed by atoms with Gasteiger partial charge >= 0.3 is 18.2 Å². The largest absolute Gasteiger partial charge is 0.458 e. The fourth-order valence-corrected chi connectivity index (χ4v) is 1.30. The SMILES string of the molecule is CCCOC(=O)Nc1cccc(C(F)(F)C(F)(F)F)c1. The van der Waals surface area contributed by atoms with Crippen molar-refractivity contribution in [2.24, 2.45) is 0 Å². The number of carbonyl (C=O) groups excluding carboxylic acids is 1. The van der Waals surface area contributed by atoms with Gasteiger partial charge in [0.2, 0.25) is 0 Å². The minimum atomic E-state index is -5.70. The third kappa shape index (κ3) is 3.82. The van der Waals surface area contributed by atoms with Crippen LogP contribution in [0.25, 0.3) is 0 Å². The Morgan fingerprint density at radius 3 is 2.45 bits per heavy atom. The third-order valence-corrected chi connectivity index (χ3v) is 2.26. The van der Waals surface area contributed by atoms with Crippen molar-refractivity contribution in [1.82, 2.24) is 0 Å². The molecule has 3 nitrogen and oxygen atoms in total. The lowest BCUT2D eigenvalue weighted by molar-refractivity contribution is -0.289. The molecular formula is C12H12F5NO2. The highest BCUT2D eigenvalue weighted by Crippen LogP contribution is 2.44. The Kier molecular flexibility index (Phi) is 4.91. The minimum absolute atomic E-state index is 0.115. The summed E-state index contributed by atoms with van der Waals surface area (Å²) in [4.78, 5) is 11.2. The normalized spacial score (nSPS) is 12.1. The van der Waals surface area contributed by atoms with Crippen LogP contribution < -0.4 is 5.32 Å². The Bertz CT molecular complexity index is 473. The van der Waals surface area contributed by atoms with Gasteiger partial charge in [-0.3, -0.25) is 5.32 Å². The molecule has 1 amide bonds. The molecule has 0 saturated heterocycles. The van der Waals surface area contributed by atoms with Gasteiger partial charge in [0.1, 0.15) is 0 Å². The molecule has 0 bridgehead atoms. The van der Waals surface area contributed by atoms with Crippen molar-refractivity contribution >= 4 is 11.8 Å². The Hall–Kier alpha value is -1.86. The maximum atomic E-state index is 13.1. The number of anilines is 1. The molecule has 0 unspecified atom stereocenters. The summed E-state index contributed by atoms with van der Waals surface area (Å²) in [6.07, 6.45) is -6.06. The standard InChI is InChI=1S/C12H12F5NO2/c1-2-6-20-10(19)18-9-5-3-4-8(7-9)11(13,14)12(15,16)17/h3-5,7H,2,6H2,1H3,(H,18,19).